The van der Waals surface area contributed by atoms with Gasteiger partial charge in [0.25, 0.3) is 0 Å². The second-order valence-electron chi connectivity index (χ2n) is 9.80. The Morgan fingerprint density at radius 2 is 1.77 bits per heavy atom. The molecular weight excluding hydrogens is 462 g/mol. The van der Waals surface area contributed by atoms with Crippen LogP contribution in [0, 0.1) is 5.92 Å². The number of aromatic nitrogens is 1. The molecule has 2 aliphatic rings. The summed E-state index contributed by atoms with van der Waals surface area (Å²) >= 11 is 0. The number of ether oxygens (including phenoxy) is 1. The zero-order valence-electron chi connectivity index (χ0n) is 20.3. The molecule has 0 radical (unpaired) electrons. The van der Waals surface area contributed by atoms with Crippen LogP contribution in [-0.2, 0) is 26.6 Å². The topological polar surface area (TPSA) is 80.6 Å². The molecule has 0 unspecified atom stereocenters. The maximum absolute atomic E-state index is 13.2. The van der Waals surface area contributed by atoms with E-state index in [1.54, 1.807) is 12.1 Å². The molecule has 1 amide bonds. The number of nitrogens with zero attached hydrogens (tertiary/aromatic N) is 2. The summed E-state index contributed by atoms with van der Waals surface area (Å²) in [5, 5.41) is 1.00. The van der Waals surface area contributed by atoms with E-state index in [1.165, 1.54) is 0 Å². The highest BCUT2D eigenvalue weighted by molar-refractivity contribution is 7.89. The fourth-order valence-electron chi connectivity index (χ4n) is 5.40. The van der Waals surface area contributed by atoms with Gasteiger partial charge in [0.1, 0.15) is 0 Å². The standard InChI is InChI=1S/C27H33N3O4S/c1-19-18-34-15-14-30(19)27(31)21-8-11-23(12-9-21)28-35(32,33)24-13-10-22-16-25(29(2)26(22)17-24)20-6-4-3-5-7-20/h3-7,10,13,16-17,19,21,23,28H,8-9,11-12,14-15,18H2,1-2H3/t19-,21?,23?/m0/s1. The summed E-state index contributed by atoms with van der Waals surface area (Å²) in [5.41, 5.74) is 3.01. The summed E-state index contributed by atoms with van der Waals surface area (Å²) in [6.07, 6.45) is 2.73. The molecule has 2 heterocycles. The van der Waals surface area contributed by atoms with E-state index in [0.29, 0.717) is 45.4 Å². The van der Waals surface area contributed by atoms with Crippen molar-refractivity contribution in [3.05, 3.63) is 54.6 Å². The molecule has 1 atom stereocenters. The summed E-state index contributed by atoms with van der Waals surface area (Å²) in [5.74, 6) is 0.151. The van der Waals surface area contributed by atoms with Crippen LogP contribution >= 0.6 is 0 Å². The van der Waals surface area contributed by atoms with Gasteiger partial charge in [-0.05, 0) is 56.4 Å². The quantitative estimate of drug-likeness (QED) is 0.582. The number of carbonyl (C=O) groups is 1. The number of hydrogen-bond acceptors (Lipinski definition) is 4. The van der Waals surface area contributed by atoms with Crippen molar-refractivity contribution in [2.45, 2.75) is 49.6 Å². The molecule has 5 rings (SSSR count). The third-order valence-electron chi connectivity index (χ3n) is 7.45. The average Bonchev–Trinajstić information content (AvgIpc) is 3.20. The third-order valence-corrected chi connectivity index (χ3v) is 8.96. The maximum atomic E-state index is 13.2. The van der Waals surface area contributed by atoms with Crippen molar-refractivity contribution in [2.75, 3.05) is 19.8 Å². The second kappa shape index (κ2) is 9.76. The molecule has 1 aliphatic heterocycles. The van der Waals surface area contributed by atoms with Gasteiger partial charge in [-0.3, -0.25) is 4.79 Å². The van der Waals surface area contributed by atoms with Gasteiger partial charge in [0.2, 0.25) is 15.9 Å². The maximum Gasteiger partial charge on any atom is 0.240 e. The normalized spacial score (nSPS) is 23.5. The predicted molar refractivity (Wildman–Crippen MR) is 136 cm³/mol. The molecule has 1 N–H and O–H groups in total. The van der Waals surface area contributed by atoms with Gasteiger partial charge in [-0.25, -0.2) is 13.1 Å². The highest BCUT2D eigenvalue weighted by Gasteiger charge is 2.34. The number of benzene rings is 2. The van der Waals surface area contributed by atoms with Crippen molar-refractivity contribution in [3.63, 3.8) is 0 Å². The molecule has 7 nitrogen and oxygen atoms in total. The van der Waals surface area contributed by atoms with Crippen LogP contribution in [0.1, 0.15) is 32.6 Å². The fraction of sp³-hybridized carbons (Fsp3) is 0.444. The van der Waals surface area contributed by atoms with Gasteiger partial charge in [-0.2, -0.15) is 0 Å². The van der Waals surface area contributed by atoms with E-state index in [0.717, 1.165) is 22.2 Å². The van der Waals surface area contributed by atoms with E-state index < -0.39 is 10.0 Å². The number of hydrogen-bond donors (Lipinski definition) is 1. The lowest BCUT2D eigenvalue weighted by Gasteiger charge is -2.37. The number of amides is 1. The van der Waals surface area contributed by atoms with Crippen LogP contribution in [0.5, 0.6) is 0 Å². The lowest BCUT2D eigenvalue weighted by atomic mass is 9.85. The Hall–Kier alpha value is -2.68. The number of morpholine rings is 1. The summed E-state index contributed by atoms with van der Waals surface area (Å²) in [6, 6.07) is 17.4. The predicted octanol–water partition coefficient (Wildman–Crippen LogP) is 3.93. The fourth-order valence-corrected chi connectivity index (χ4v) is 6.72. The number of carbonyl (C=O) groups excluding carboxylic acids is 1. The van der Waals surface area contributed by atoms with Crippen LogP contribution in [-0.4, -0.2) is 55.6 Å². The average molecular weight is 496 g/mol. The number of nitrogens with one attached hydrogen (secondary N) is 1. The molecule has 3 aromatic rings. The van der Waals surface area contributed by atoms with Crippen LogP contribution in [0.2, 0.25) is 0 Å². The molecule has 1 saturated heterocycles. The first-order valence-electron chi connectivity index (χ1n) is 12.4. The Balaban J connectivity index is 1.27. The van der Waals surface area contributed by atoms with Gasteiger partial charge in [0, 0.05) is 42.1 Å². The van der Waals surface area contributed by atoms with E-state index >= 15 is 0 Å². The summed E-state index contributed by atoms with van der Waals surface area (Å²) < 4.78 is 36.8. The molecule has 2 fully saturated rings. The number of aryl methyl sites for hydroxylation is 1. The van der Waals surface area contributed by atoms with E-state index in [2.05, 4.69) is 10.8 Å². The molecule has 2 aromatic carbocycles. The molecule has 1 saturated carbocycles. The molecule has 1 aromatic heterocycles. The summed E-state index contributed by atoms with van der Waals surface area (Å²) in [4.78, 5) is 15.2. The van der Waals surface area contributed by atoms with Crippen molar-refractivity contribution in [1.29, 1.82) is 0 Å². The van der Waals surface area contributed by atoms with Crippen molar-refractivity contribution in [2.24, 2.45) is 13.0 Å². The smallest absolute Gasteiger partial charge is 0.240 e. The second-order valence-corrected chi connectivity index (χ2v) is 11.5. The highest BCUT2D eigenvalue weighted by Crippen LogP contribution is 2.31. The SMILES string of the molecule is C[C@H]1COCCN1C(=O)C1CCC(NS(=O)(=O)c2ccc3cc(-c4ccccc4)n(C)c3c2)CC1. The first-order valence-corrected chi connectivity index (χ1v) is 13.9. The Morgan fingerprint density at radius 3 is 2.49 bits per heavy atom. The third kappa shape index (κ3) is 4.87. The van der Waals surface area contributed by atoms with Gasteiger partial charge in [0.05, 0.1) is 24.2 Å². The number of sulfonamides is 1. The molecule has 8 heteroatoms. The number of rotatable bonds is 5. The number of fused-ring (bicyclic) bond motifs is 1. The molecular formula is C27H33N3O4S. The minimum Gasteiger partial charge on any atom is -0.377 e. The van der Waals surface area contributed by atoms with Crippen molar-refractivity contribution in [1.82, 2.24) is 14.2 Å². The molecule has 1 aliphatic carbocycles. The first-order chi connectivity index (χ1) is 16.8. The van der Waals surface area contributed by atoms with Crippen LogP contribution in [0.3, 0.4) is 0 Å². The zero-order chi connectivity index (χ0) is 24.6. The monoisotopic (exact) mass is 495 g/mol. The van der Waals surface area contributed by atoms with Gasteiger partial charge < -0.3 is 14.2 Å². The lowest BCUT2D eigenvalue weighted by molar-refractivity contribution is -0.144. The van der Waals surface area contributed by atoms with E-state index in [9.17, 15) is 13.2 Å². The zero-order valence-corrected chi connectivity index (χ0v) is 21.1. The van der Waals surface area contributed by atoms with E-state index in [1.807, 2.05) is 59.8 Å². The molecule has 0 spiro atoms. The lowest BCUT2D eigenvalue weighted by Crippen LogP contribution is -2.50. The van der Waals surface area contributed by atoms with Gasteiger partial charge in [-0.15, -0.1) is 0 Å². The Labute approximate surface area is 207 Å². The summed E-state index contributed by atoms with van der Waals surface area (Å²) in [7, 11) is -1.71. The highest BCUT2D eigenvalue weighted by atomic mass is 32.2. The first kappa shape index (κ1) is 24.0. The van der Waals surface area contributed by atoms with Crippen molar-refractivity contribution >= 4 is 26.8 Å². The van der Waals surface area contributed by atoms with E-state index in [4.69, 9.17) is 4.74 Å². The molecule has 186 valence electrons. The van der Waals surface area contributed by atoms with Crippen LogP contribution in [0.15, 0.2) is 59.5 Å². The van der Waals surface area contributed by atoms with Gasteiger partial charge in [0.15, 0.2) is 0 Å². The van der Waals surface area contributed by atoms with Gasteiger partial charge in [-0.1, -0.05) is 36.4 Å². The molecule has 0 bridgehead atoms. The molecule has 35 heavy (non-hydrogen) atoms. The largest absolute Gasteiger partial charge is 0.377 e. The van der Waals surface area contributed by atoms with Crippen LogP contribution < -0.4 is 4.72 Å². The Morgan fingerprint density at radius 1 is 1.03 bits per heavy atom. The Bertz CT molecular complexity index is 1310. The summed E-state index contributed by atoms with van der Waals surface area (Å²) in [6.45, 7) is 3.83. The van der Waals surface area contributed by atoms with Crippen molar-refractivity contribution in [3.8, 4) is 11.3 Å². The Kier molecular flexibility index (Phi) is 6.70. The van der Waals surface area contributed by atoms with Crippen molar-refractivity contribution < 1.29 is 17.9 Å². The minimum absolute atomic E-state index is 0.0348. The van der Waals surface area contributed by atoms with Gasteiger partial charge >= 0.3 is 0 Å². The minimum atomic E-state index is -3.67. The van der Waals surface area contributed by atoms with Crippen LogP contribution in [0.25, 0.3) is 22.2 Å². The van der Waals surface area contributed by atoms with E-state index in [-0.39, 0.29) is 28.8 Å². The van der Waals surface area contributed by atoms with Crippen LogP contribution in [0.4, 0.5) is 0 Å².